The van der Waals surface area contributed by atoms with E-state index in [1.807, 2.05) is 63.2 Å². The second-order valence-corrected chi connectivity index (χ2v) is 6.73. The lowest BCUT2D eigenvalue weighted by Crippen LogP contribution is -2.26. The van der Waals surface area contributed by atoms with Crippen LogP contribution in [-0.4, -0.2) is 23.0 Å². The summed E-state index contributed by atoms with van der Waals surface area (Å²) in [5.41, 5.74) is 4.54. The van der Waals surface area contributed by atoms with Crippen molar-refractivity contribution in [2.24, 2.45) is 0 Å². The lowest BCUT2D eigenvalue weighted by atomic mass is 10.1. The van der Waals surface area contributed by atoms with E-state index in [1.54, 1.807) is 18.0 Å². The Labute approximate surface area is 159 Å². The molecule has 0 aliphatic carbocycles. The quantitative estimate of drug-likeness (QED) is 0.648. The fourth-order valence-electron chi connectivity index (χ4n) is 2.87. The van der Waals surface area contributed by atoms with Crippen LogP contribution in [0, 0.1) is 20.8 Å². The molecule has 0 spiro atoms. The Bertz CT molecular complexity index is 909. The van der Waals surface area contributed by atoms with Gasteiger partial charge in [-0.05, 0) is 38.5 Å². The number of aromatic nitrogens is 1. The van der Waals surface area contributed by atoms with E-state index in [1.165, 1.54) is 5.56 Å². The van der Waals surface area contributed by atoms with Gasteiger partial charge in [-0.3, -0.25) is 4.79 Å². The number of ether oxygens (including phenoxy) is 1. The van der Waals surface area contributed by atoms with Gasteiger partial charge in [0.25, 0.3) is 5.91 Å². The first-order valence-corrected chi connectivity index (χ1v) is 8.90. The standard InChI is InChI=1S/C22H24N2O3/c1-15-9-11-18(12-10-15)13-24(4)22(25)19-7-5-6-8-21(19)26-14-20-16(2)23-27-17(20)3/h5-12H,13-14H2,1-4H3. The highest BCUT2D eigenvalue weighted by atomic mass is 16.5. The molecule has 140 valence electrons. The highest BCUT2D eigenvalue weighted by Gasteiger charge is 2.18. The van der Waals surface area contributed by atoms with Gasteiger partial charge in [0.1, 0.15) is 18.1 Å². The Hall–Kier alpha value is -3.08. The SMILES string of the molecule is Cc1ccc(CN(C)C(=O)c2ccccc2OCc2c(C)noc2C)cc1. The molecular weight excluding hydrogens is 340 g/mol. The summed E-state index contributed by atoms with van der Waals surface area (Å²) in [6.07, 6.45) is 0. The van der Waals surface area contributed by atoms with Crippen LogP contribution in [0.5, 0.6) is 5.75 Å². The van der Waals surface area contributed by atoms with Crippen molar-refractivity contribution in [1.82, 2.24) is 10.1 Å². The van der Waals surface area contributed by atoms with Crippen LogP contribution in [0.25, 0.3) is 0 Å². The van der Waals surface area contributed by atoms with Crippen molar-refractivity contribution >= 4 is 5.91 Å². The van der Waals surface area contributed by atoms with Gasteiger partial charge in [0.05, 0.1) is 16.8 Å². The molecule has 5 nitrogen and oxygen atoms in total. The molecule has 0 saturated heterocycles. The molecule has 5 heteroatoms. The Balaban J connectivity index is 1.74. The predicted molar refractivity (Wildman–Crippen MR) is 104 cm³/mol. The van der Waals surface area contributed by atoms with Crippen LogP contribution in [0.15, 0.2) is 53.1 Å². The molecule has 0 radical (unpaired) electrons. The van der Waals surface area contributed by atoms with Crippen molar-refractivity contribution in [2.75, 3.05) is 7.05 Å². The third kappa shape index (κ3) is 4.37. The topological polar surface area (TPSA) is 55.6 Å². The molecule has 0 saturated carbocycles. The number of carbonyl (C=O) groups is 1. The van der Waals surface area contributed by atoms with Crippen molar-refractivity contribution in [3.8, 4) is 5.75 Å². The summed E-state index contributed by atoms with van der Waals surface area (Å²) in [5, 5.41) is 3.94. The number of carbonyl (C=O) groups excluding carboxylic acids is 1. The van der Waals surface area contributed by atoms with Gasteiger partial charge in [-0.2, -0.15) is 0 Å². The van der Waals surface area contributed by atoms with Crippen LogP contribution < -0.4 is 4.74 Å². The number of amides is 1. The van der Waals surface area contributed by atoms with Gasteiger partial charge in [0.2, 0.25) is 0 Å². The molecule has 3 aromatic rings. The molecule has 27 heavy (non-hydrogen) atoms. The largest absolute Gasteiger partial charge is 0.488 e. The van der Waals surface area contributed by atoms with E-state index in [0.717, 1.165) is 22.6 Å². The van der Waals surface area contributed by atoms with Crippen molar-refractivity contribution < 1.29 is 14.1 Å². The average Bonchev–Trinajstić information content (AvgIpc) is 2.99. The minimum absolute atomic E-state index is 0.0788. The van der Waals surface area contributed by atoms with Crippen LogP contribution in [0.1, 0.15) is 38.5 Å². The van der Waals surface area contributed by atoms with E-state index in [9.17, 15) is 4.79 Å². The minimum Gasteiger partial charge on any atom is -0.488 e. The molecule has 0 N–H and O–H groups in total. The Morgan fingerprint density at radius 1 is 1.07 bits per heavy atom. The van der Waals surface area contributed by atoms with Crippen molar-refractivity contribution in [3.63, 3.8) is 0 Å². The molecule has 1 amide bonds. The summed E-state index contributed by atoms with van der Waals surface area (Å²) in [5.74, 6) is 1.20. The maximum Gasteiger partial charge on any atom is 0.257 e. The molecule has 0 atom stereocenters. The van der Waals surface area contributed by atoms with E-state index < -0.39 is 0 Å². The molecular formula is C22H24N2O3. The molecule has 2 aromatic carbocycles. The first kappa shape index (κ1) is 18.7. The van der Waals surface area contributed by atoms with E-state index in [-0.39, 0.29) is 5.91 Å². The highest BCUT2D eigenvalue weighted by molar-refractivity contribution is 5.96. The maximum absolute atomic E-state index is 12.9. The van der Waals surface area contributed by atoms with Crippen molar-refractivity contribution in [1.29, 1.82) is 0 Å². The second kappa shape index (κ2) is 8.08. The molecule has 3 rings (SSSR count). The smallest absolute Gasteiger partial charge is 0.257 e. The zero-order valence-electron chi connectivity index (χ0n) is 16.2. The number of nitrogens with zero attached hydrogens (tertiary/aromatic N) is 2. The van der Waals surface area contributed by atoms with Crippen LogP contribution in [0.3, 0.4) is 0 Å². The summed E-state index contributed by atoms with van der Waals surface area (Å²) in [7, 11) is 1.80. The fraction of sp³-hybridized carbons (Fsp3) is 0.273. The maximum atomic E-state index is 12.9. The first-order chi connectivity index (χ1) is 13.0. The number of hydrogen-bond donors (Lipinski definition) is 0. The molecule has 1 heterocycles. The summed E-state index contributed by atoms with van der Waals surface area (Å²) in [6.45, 7) is 6.63. The average molecular weight is 364 g/mol. The molecule has 1 aromatic heterocycles. The molecule has 0 bridgehead atoms. The molecule has 0 fully saturated rings. The second-order valence-electron chi connectivity index (χ2n) is 6.73. The van der Waals surface area contributed by atoms with Gasteiger partial charge < -0.3 is 14.2 Å². The van der Waals surface area contributed by atoms with Gasteiger partial charge >= 0.3 is 0 Å². The van der Waals surface area contributed by atoms with E-state index in [2.05, 4.69) is 5.16 Å². The third-order valence-electron chi connectivity index (χ3n) is 4.56. The number of para-hydroxylation sites is 1. The lowest BCUT2D eigenvalue weighted by molar-refractivity contribution is 0.0780. The van der Waals surface area contributed by atoms with Gasteiger partial charge in [-0.25, -0.2) is 0 Å². The van der Waals surface area contributed by atoms with E-state index >= 15 is 0 Å². The van der Waals surface area contributed by atoms with Crippen molar-refractivity contribution in [3.05, 3.63) is 82.2 Å². The van der Waals surface area contributed by atoms with Gasteiger partial charge in [0.15, 0.2) is 0 Å². The first-order valence-electron chi connectivity index (χ1n) is 8.90. The predicted octanol–water partition coefficient (Wildman–Crippen LogP) is 4.45. The van der Waals surface area contributed by atoms with Crippen molar-refractivity contribution in [2.45, 2.75) is 33.9 Å². The zero-order chi connectivity index (χ0) is 19.4. The van der Waals surface area contributed by atoms with Gasteiger partial charge in [0, 0.05) is 13.6 Å². The fourth-order valence-corrected chi connectivity index (χ4v) is 2.87. The molecule has 0 aliphatic rings. The number of hydrogen-bond acceptors (Lipinski definition) is 4. The van der Waals surface area contributed by atoms with E-state index in [0.29, 0.717) is 24.5 Å². The molecule has 0 unspecified atom stereocenters. The number of benzene rings is 2. The third-order valence-corrected chi connectivity index (χ3v) is 4.56. The number of rotatable bonds is 6. The van der Waals surface area contributed by atoms with Crippen LogP contribution in [0.2, 0.25) is 0 Å². The minimum atomic E-state index is -0.0788. The molecule has 0 aliphatic heterocycles. The summed E-state index contributed by atoms with van der Waals surface area (Å²) in [6, 6.07) is 15.5. The summed E-state index contributed by atoms with van der Waals surface area (Å²) in [4.78, 5) is 14.6. The van der Waals surface area contributed by atoms with Crippen LogP contribution in [0.4, 0.5) is 0 Å². The van der Waals surface area contributed by atoms with Gasteiger partial charge in [-0.1, -0.05) is 47.1 Å². The van der Waals surface area contributed by atoms with Crippen LogP contribution in [-0.2, 0) is 13.2 Å². The number of aryl methyl sites for hydroxylation is 3. The Morgan fingerprint density at radius 2 is 1.78 bits per heavy atom. The van der Waals surface area contributed by atoms with E-state index in [4.69, 9.17) is 9.26 Å². The Morgan fingerprint density at radius 3 is 2.44 bits per heavy atom. The van der Waals surface area contributed by atoms with Crippen LogP contribution >= 0.6 is 0 Å². The Kier molecular flexibility index (Phi) is 5.60. The van der Waals surface area contributed by atoms with Gasteiger partial charge in [-0.15, -0.1) is 0 Å². The normalized spacial score (nSPS) is 10.7. The highest BCUT2D eigenvalue weighted by Crippen LogP contribution is 2.23. The zero-order valence-corrected chi connectivity index (χ0v) is 16.2. The lowest BCUT2D eigenvalue weighted by Gasteiger charge is -2.19. The monoisotopic (exact) mass is 364 g/mol. The summed E-state index contributed by atoms with van der Waals surface area (Å²) < 4.78 is 11.1. The summed E-state index contributed by atoms with van der Waals surface area (Å²) >= 11 is 0.